The summed E-state index contributed by atoms with van der Waals surface area (Å²) in [4.78, 5) is 25.9. The Morgan fingerprint density at radius 1 is 1.15 bits per heavy atom. The molecule has 3 N–H and O–H groups in total. The number of aromatic nitrogens is 2. The van der Waals surface area contributed by atoms with Crippen molar-refractivity contribution in [1.82, 2.24) is 20.2 Å². The normalized spacial score (nSPS) is 23.0. The van der Waals surface area contributed by atoms with Crippen LogP contribution in [0.5, 0.6) is 0 Å². The van der Waals surface area contributed by atoms with E-state index in [9.17, 15) is 18.0 Å². The van der Waals surface area contributed by atoms with Gasteiger partial charge in [0.1, 0.15) is 11.1 Å². The first kappa shape index (κ1) is 24.5. The third kappa shape index (κ3) is 6.49. The molecule has 0 unspecified atom stereocenters. The van der Waals surface area contributed by atoms with Gasteiger partial charge in [0.2, 0.25) is 10.0 Å². The predicted molar refractivity (Wildman–Crippen MR) is 128 cm³/mol. The summed E-state index contributed by atoms with van der Waals surface area (Å²) in [6.07, 6.45) is 3.91. The number of benzene rings is 1. The molecule has 1 aliphatic carbocycles. The van der Waals surface area contributed by atoms with Gasteiger partial charge >= 0.3 is 6.09 Å². The predicted octanol–water partition coefficient (Wildman–Crippen LogP) is 2.16. The van der Waals surface area contributed by atoms with Gasteiger partial charge in [-0.05, 0) is 31.2 Å². The summed E-state index contributed by atoms with van der Waals surface area (Å²) in [6, 6.07) is 8.87. The lowest BCUT2D eigenvalue weighted by atomic mass is 9.92. The van der Waals surface area contributed by atoms with Crippen LogP contribution in [0.4, 0.5) is 10.5 Å². The van der Waals surface area contributed by atoms with Crippen molar-refractivity contribution in [2.75, 3.05) is 18.0 Å². The van der Waals surface area contributed by atoms with Gasteiger partial charge in [0.15, 0.2) is 0 Å². The standard InChI is InChI=1S/C22H28ClN5O5S/c23-20-19(12-24-26-21(20)29)28-11-10-18(13-28)33-22(30)25-16-6-8-17(9-7-16)27-34(31,32)14-15-4-2-1-3-5-15/h1-5,12,16-18,27H,6-11,13-14H2,(H,25,30)(H,26,29)/t16-,17-,18-/m1/s1. The van der Waals surface area contributed by atoms with E-state index in [1.807, 2.05) is 23.1 Å². The van der Waals surface area contributed by atoms with Gasteiger partial charge in [-0.25, -0.2) is 23.0 Å². The summed E-state index contributed by atoms with van der Waals surface area (Å²) in [6.45, 7) is 1.02. The highest BCUT2D eigenvalue weighted by molar-refractivity contribution is 7.88. The van der Waals surface area contributed by atoms with Crippen molar-refractivity contribution < 1.29 is 17.9 Å². The van der Waals surface area contributed by atoms with Gasteiger partial charge in [-0.1, -0.05) is 41.9 Å². The number of nitrogens with one attached hydrogen (secondary N) is 3. The maximum Gasteiger partial charge on any atom is 0.407 e. The average molecular weight is 510 g/mol. The van der Waals surface area contributed by atoms with Gasteiger partial charge in [0.05, 0.1) is 24.2 Å². The van der Waals surface area contributed by atoms with Crippen molar-refractivity contribution in [2.24, 2.45) is 0 Å². The zero-order chi connectivity index (χ0) is 24.1. The zero-order valence-corrected chi connectivity index (χ0v) is 20.1. The molecule has 2 fully saturated rings. The molecule has 1 saturated heterocycles. The number of carbonyl (C=O) groups is 1. The first-order chi connectivity index (χ1) is 16.3. The zero-order valence-electron chi connectivity index (χ0n) is 18.6. The molecule has 2 heterocycles. The Hall–Kier alpha value is -2.63. The Balaban J connectivity index is 1.19. The van der Waals surface area contributed by atoms with E-state index in [2.05, 4.69) is 20.2 Å². The van der Waals surface area contributed by atoms with E-state index < -0.39 is 21.7 Å². The maximum atomic E-state index is 12.5. The molecule has 1 amide bonds. The van der Waals surface area contributed by atoms with Gasteiger partial charge in [-0.15, -0.1) is 0 Å². The van der Waals surface area contributed by atoms with Crippen LogP contribution in [-0.4, -0.2) is 56.0 Å². The monoisotopic (exact) mass is 509 g/mol. The van der Waals surface area contributed by atoms with Crippen LogP contribution >= 0.6 is 11.6 Å². The van der Waals surface area contributed by atoms with E-state index in [4.69, 9.17) is 16.3 Å². The average Bonchev–Trinajstić information content (AvgIpc) is 3.25. The van der Waals surface area contributed by atoms with Crippen LogP contribution in [0, 0.1) is 0 Å². The van der Waals surface area contributed by atoms with Crippen LogP contribution in [0.1, 0.15) is 37.7 Å². The van der Waals surface area contributed by atoms with Crippen LogP contribution in [0.2, 0.25) is 5.02 Å². The summed E-state index contributed by atoms with van der Waals surface area (Å²) in [5.41, 5.74) is 0.806. The number of hydrogen-bond donors (Lipinski definition) is 3. The van der Waals surface area contributed by atoms with Gasteiger partial charge < -0.3 is 15.0 Å². The molecule has 34 heavy (non-hydrogen) atoms. The Morgan fingerprint density at radius 2 is 1.85 bits per heavy atom. The number of aromatic amines is 1. The smallest absolute Gasteiger partial charge is 0.407 e. The molecular formula is C22H28ClN5O5S. The number of alkyl carbamates (subject to hydrolysis) is 1. The van der Waals surface area contributed by atoms with E-state index in [1.54, 1.807) is 12.1 Å². The highest BCUT2D eigenvalue weighted by Gasteiger charge is 2.30. The summed E-state index contributed by atoms with van der Waals surface area (Å²) in [5.74, 6) is -0.0462. The highest BCUT2D eigenvalue weighted by Crippen LogP contribution is 2.26. The molecule has 12 heteroatoms. The number of ether oxygens (including phenoxy) is 1. The number of nitrogens with zero attached hydrogens (tertiary/aromatic N) is 2. The first-order valence-corrected chi connectivity index (χ1v) is 13.3. The Morgan fingerprint density at radius 3 is 2.59 bits per heavy atom. The fourth-order valence-corrected chi connectivity index (χ4v) is 6.10. The molecule has 1 saturated carbocycles. The molecule has 1 atom stereocenters. The number of carbonyl (C=O) groups excluding carboxylic acids is 1. The van der Waals surface area contributed by atoms with Crippen molar-refractivity contribution in [3.63, 3.8) is 0 Å². The number of sulfonamides is 1. The molecule has 2 aromatic rings. The Bertz CT molecular complexity index is 1150. The third-order valence-corrected chi connectivity index (χ3v) is 7.90. The summed E-state index contributed by atoms with van der Waals surface area (Å²) < 4.78 is 33.3. The SMILES string of the molecule is O=C(N[C@H]1CC[C@H](NS(=O)(=O)Cc2ccccc2)CC1)O[C@@H]1CCN(c2cn[nH]c(=O)c2Cl)C1. The minimum absolute atomic E-state index is 0.0462. The Kier molecular flexibility index (Phi) is 7.74. The van der Waals surface area contributed by atoms with E-state index in [0.29, 0.717) is 50.9 Å². The summed E-state index contributed by atoms with van der Waals surface area (Å²) in [7, 11) is -3.43. The number of amides is 1. The van der Waals surface area contributed by atoms with Crippen LogP contribution in [0.25, 0.3) is 0 Å². The topological polar surface area (TPSA) is 133 Å². The number of H-pyrrole nitrogens is 1. The van der Waals surface area contributed by atoms with Crippen molar-refractivity contribution in [1.29, 1.82) is 0 Å². The molecule has 1 aromatic carbocycles. The van der Waals surface area contributed by atoms with E-state index in [1.165, 1.54) is 6.20 Å². The second-order valence-electron chi connectivity index (χ2n) is 8.72. The molecule has 0 radical (unpaired) electrons. The van der Waals surface area contributed by atoms with Crippen LogP contribution in [-0.2, 0) is 20.5 Å². The number of halogens is 1. The summed E-state index contributed by atoms with van der Waals surface area (Å²) in [5, 5.41) is 9.02. The fourth-order valence-electron chi connectivity index (χ4n) is 4.43. The van der Waals surface area contributed by atoms with Crippen molar-refractivity contribution in [3.05, 3.63) is 57.5 Å². The largest absolute Gasteiger partial charge is 0.444 e. The van der Waals surface area contributed by atoms with Crippen molar-refractivity contribution in [2.45, 2.75) is 56.0 Å². The van der Waals surface area contributed by atoms with Gasteiger partial charge in [0, 0.05) is 25.0 Å². The number of anilines is 1. The number of hydrogen-bond acceptors (Lipinski definition) is 7. The number of rotatable bonds is 7. The van der Waals surface area contributed by atoms with Crippen LogP contribution in [0.3, 0.4) is 0 Å². The van der Waals surface area contributed by atoms with Crippen molar-refractivity contribution >= 4 is 33.4 Å². The molecule has 0 spiro atoms. The first-order valence-electron chi connectivity index (χ1n) is 11.3. The minimum Gasteiger partial charge on any atom is -0.444 e. The van der Waals surface area contributed by atoms with Crippen molar-refractivity contribution in [3.8, 4) is 0 Å². The molecular weight excluding hydrogens is 482 g/mol. The molecule has 1 aliphatic heterocycles. The minimum atomic E-state index is -3.43. The Labute approximate surface area is 203 Å². The quantitative estimate of drug-likeness (QED) is 0.520. The molecule has 4 rings (SSSR count). The second-order valence-corrected chi connectivity index (χ2v) is 10.8. The highest BCUT2D eigenvalue weighted by atomic mass is 35.5. The van der Waals surface area contributed by atoms with Crippen LogP contribution < -0.4 is 20.5 Å². The van der Waals surface area contributed by atoms with Gasteiger partial charge in [-0.3, -0.25) is 4.79 Å². The molecule has 2 aliphatic rings. The van der Waals surface area contributed by atoms with Crippen LogP contribution in [0.15, 0.2) is 41.3 Å². The lowest BCUT2D eigenvalue weighted by Crippen LogP contribution is -2.44. The molecule has 184 valence electrons. The van der Waals surface area contributed by atoms with E-state index >= 15 is 0 Å². The molecule has 10 nitrogen and oxygen atoms in total. The summed E-state index contributed by atoms with van der Waals surface area (Å²) >= 11 is 6.06. The lowest BCUT2D eigenvalue weighted by Gasteiger charge is -2.29. The van der Waals surface area contributed by atoms with Gasteiger partial charge in [-0.2, -0.15) is 5.10 Å². The van der Waals surface area contributed by atoms with E-state index in [-0.39, 0.29) is 29.0 Å². The second kappa shape index (κ2) is 10.7. The fraction of sp³-hybridized carbons (Fsp3) is 0.500. The molecule has 1 aromatic heterocycles. The van der Waals surface area contributed by atoms with E-state index in [0.717, 1.165) is 5.56 Å². The maximum absolute atomic E-state index is 12.5. The van der Waals surface area contributed by atoms with Gasteiger partial charge in [0.25, 0.3) is 5.56 Å². The lowest BCUT2D eigenvalue weighted by molar-refractivity contribution is 0.102. The molecule has 0 bridgehead atoms. The third-order valence-electron chi connectivity index (χ3n) is 6.13.